The summed E-state index contributed by atoms with van der Waals surface area (Å²) in [6.07, 6.45) is 1.73. The molecule has 2 aromatic heterocycles. The van der Waals surface area contributed by atoms with Gasteiger partial charge in [-0.15, -0.1) is 0 Å². The van der Waals surface area contributed by atoms with Gasteiger partial charge in [0.2, 0.25) is 5.88 Å². The van der Waals surface area contributed by atoms with Gasteiger partial charge in [0.15, 0.2) is 0 Å². The third-order valence-electron chi connectivity index (χ3n) is 1.80. The number of thiophene rings is 1. The van der Waals surface area contributed by atoms with Crippen molar-refractivity contribution in [3.8, 4) is 17.0 Å². The minimum Gasteiger partial charge on any atom is -0.481 e. The van der Waals surface area contributed by atoms with E-state index in [1.54, 1.807) is 24.6 Å². The zero-order valence-electron chi connectivity index (χ0n) is 7.23. The van der Waals surface area contributed by atoms with Gasteiger partial charge in [-0.05, 0) is 34.5 Å². The van der Waals surface area contributed by atoms with Gasteiger partial charge >= 0.3 is 0 Å². The number of rotatable bonds is 2. The molecule has 0 aliphatic rings. The number of hydrogen-bond acceptors (Lipinski definition) is 3. The number of methoxy groups -OCH3 is 1. The first-order valence-corrected chi connectivity index (χ1v) is 4.87. The van der Waals surface area contributed by atoms with Gasteiger partial charge in [-0.3, -0.25) is 0 Å². The molecule has 0 bridgehead atoms. The summed E-state index contributed by atoms with van der Waals surface area (Å²) in [6.45, 7) is 0. The highest BCUT2D eigenvalue weighted by atomic mass is 32.1. The summed E-state index contributed by atoms with van der Waals surface area (Å²) in [5.74, 6) is 0.681. The van der Waals surface area contributed by atoms with Gasteiger partial charge in [0.1, 0.15) is 0 Å². The van der Waals surface area contributed by atoms with E-state index in [9.17, 15) is 0 Å². The average molecular weight is 191 g/mol. The zero-order valence-corrected chi connectivity index (χ0v) is 8.04. The maximum atomic E-state index is 5.16. The highest BCUT2D eigenvalue weighted by molar-refractivity contribution is 7.08. The molecule has 3 heteroatoms. The Morgan fingerprint density at radius 1 is 1.38 bits per heavy atom. The molecule has 2 rings (SSSR count). The van der Waals surface area contributed by atoms with E-state index < -0.39 is 0 Å². The lowest BCUT2D eigenvalue weighted by molar-refractivity contribution is 0.399. The Hall–Kier alpha value is -1.35. The number of nitrogens with zero attached hydrogens (tertiary/aromatic N) is 1. The van der Waals surface area contributed by atoms with Crippen molar-refractivity contribution in [1.29, 1.82) is 0 Å². The van der Waals surface area contributed by atoms with Crippen molar-refractivity contribution in [3.63, 3.8) is 0 Å². The Morgan fingerprint density at radius 3 is 3.00 bits per heavy atom. The van der Waals surface area contributed by atoms with E-state index >= 15 is 0 Å². The fourth-order valence-electron chi connectivity index (χ4n) is 1.19. The first kappa shape index (κ1) is 8.26. The summed E-state index contributed by atoms with van der Waals surface area (Å²) in [5.41, 5.74) is 2.21. The topological polar surface area (TPSA) is 22.1 Å². The van der Waals surface area contributed by atoms with Crippen molar-refractivity contribution < 1.29 is 4.74 Å². The Labute approximate surface area is 80.8 Å². The van der Waals surface area contributed by atoms with Crippen LogP contribution in [0.25, 0.3) is 11.1 Å². The molecule has 66 valence electrons. The SMILES string of the molecule is COc1ncccc1-c1ccsc1. The van der Waals surface area contributed by atoms with Crippen LogP contribution in [0, 0.1) is 0 Å². The zero-order chi connectivity index (χ0) is 9.10. The van der Waals surface area contributed by atoms with Gasteiger partial charge in [0, 0.05) is 11.8 Å². The molecular formula is C10H9NOS. The molecule has 0 N–H and O–H groups in total. The molecule has 0 fully saturated rings. The van der Waals surface area contributed by atoms with Crippen LogP contribution in [0.4, 0.5) is 0 Å². The molecule has 0 aliphatic carbocycles. The Balaban J connectivity index is 2.51. The lowest BCUT2D eigenvalue weighted by Gasteiger charge is -2.03. The second-order valence-corrected chi connectivity index (χ2v) is 3.35. The molecule has 0 saturated carbocycles. The summed E-state index contributed by atoms with van der Waals surface area (Å²) in [5, 5.41) is 4.13. The smallest absolute Gasteiger partial charge is 0.221 e. The largest absolute Gasteiger partial charge is 0.481 e. The number of ether oxygens (including phenoxy) is 1. The van der Waals surface area contributed by atoms with Gasteiger partial charge in [-0.25, -0.2) is 4.98 Å². The highest BCUT2D eigenvalue weighted by Crippen LogP contribution is 2.28. The van der Waals surface area contributed by atoms with Crippen molar-refractivity contribution >= 4 is 11.3 Å². The standard InChI is InChI=1S/C10H9NOS/c1-12-10-9(3-2-5-11-10)8-4-6-13-7-8/h2-7H,1H3. The van der Waals surface area contributed by atoms with E-state index in [1.807, 2.05) is 17.5 Å². The monoisotopic (exact) mass is 191 g/mol. The predicted octanol–water partition coefficient (Wildman–Crippen LogP) is 2.82. The summed E-state index contributed by atoms with van der Waals surface area (Å²) < 4.78 is 5.16. The lowest BCUT2D eigenvalue weighted by atomic mass is 10.1. The molecule has 0 spiro atoms. The fraction of sp³-hybridized carbons (Fsp3) is 0.100. The quantitative estimate of drug-likeness (QED) is 0.728. The van der Waals surface area contributed by atoms with Crippen LogP contribution in [-0.2, 0) is 0 Å². The number of pyridine rings is 1. The molecule has 0 radical (unpaired) electrons. The third-order valence-corrected chi connectivity index (χ3v) is 2.48. The summed E-state index contributed by atoms with van der Waals surface area (Å²) in [6, 6.07) is 5.98. The van der Waals surface area contributed by atoms with Crippen LogP contribution in [0.2, 0.25) is 0 Å². The Morgan fingerprint density at radius 2 is 2.31 bits per heavy atom. The van der Waals surface area contributed by atoms with Crippen LogP contribution < -0.4 is 4.74 Å². The van der Waals surface area contributed by atoms with Crippen LogP contribution in [0.1, 0.15) is 0 Å². The summed E-state index contributed by atoms with van der Waals surface area (Å²) >= 11 is 1.67. The van der Waals surface area contributed by atoms with E-state index in [-0.39, 0.29) is 0 Å². The molecule has 13 heavy (non-hydrogen) atoms. The Bertz CT molecular complexity index is 384. The van der Waals surface area contributed by atoms with Gasteiger partial charge in [0.05, 0.1) is 7.11 Å². The molecule has 2 heterocycles. The van der Waals surface area contributed by atoms with Gasteiger partial charge in [0.25, 0.3) is 0 Å². The minimum atomic E-state index is 0.681. The Kier molecular flexibility index (Phi) is 2.27. The van der Waals surface area contributed by atoms with Gasteiger partial charge in [-0.1, -0.05) is 0 Å². The summed E-state index contributed by atoms with van der Waals surface area (Å²) in [7, 11) is 1.64. The molecule has 0 saturated heterocycles. The van der Waals surface area contributed by atoms with Crippen LogP contribution in [0.3, 0.4) is 0 Å². The fourth-order valence-corrected chi connectivity index (χ4v) is 1.85. The van der Waals surface area contributed by atoms with Crippen molar-refractivity contribution in [2.45, 2.75) is 0 Å². The van der Waals surface area contributed by atoms with Gasteiger partial charge in [-0.2, -0.15) is 11.3 Å². The molecule has 0 aliphatic heterocycles. The maximum absolute atomic E-state index is 5.16. The maximum Gasteiger partial charge on any atom is 0.221 e. The molecule has 0 aromatic carbocycles. The van der Waals surface area contributed by atoms with Crippen molar-refractivity contribution in [2.75, 3.05) is 7.11 Å². The average Bonchev–Trinajstić information content (AvgIpc) is 2.70. The van der Waals surface area contributed by atoms with Gasteiger partial charge < -0.3 is 4.74 Å². The van der Waals surface area contributed by atoms with Crippen LogP contribution >= 0.6 is 11.3 Å². The highest BCUT2D eigenvalue weighted by Gasteiger charge is 2.05. The van der Waals surface area contributed by atoms with Crippen LogP contribution in [0.15, 0.2) is 35.2 Å². The molecule has 0 atom stereocenters. The van der Waals surface area contributed by atoms with Crippen molar-refractivity contribution in [2.24, 2.45) is 0 Å². The van der Waals surface area contributed by atoms with E-state index in [4.69, 9.17) is 4.74 Å². The van der Waals surface area contributed by atoms with Crippen molar-refractivity contribution in [3.05, 3.63) is 35.2 Å². The normalized spacial score (nSPS) is 9.92. The molecule has 0 unspecified atom stereocenters. The van der Waals surface area contributed by atoms with Crippen LogP contribution in [0.5, 0.6) is 5.88 Å². The molecule has 2 nitrogen and oxygen atoms in total. The first-order chi connectivity index (χ1) is 6.42. The molecular weight excluding hydrogens is 182 g/mol. The predicted molar refractivity (Wildman–Crippen MR) is 54.1 cm³/mol. The lowest BCUT2D eigenvalue weighted by Crippen LogP contribution is -1.89. The van der Waals surface area contributed by atoms with E-state index in [0.29, 0.717) is 5.88 Å². The number of hydrogen-bond donors (Lipinski definition) is 0. The molecule has 0 amide bonds. The minimum absolute atomic E-state index is 0.681. The first-order valence-electron chi connectivity index (χ1n) is 3.93. The number of aromatic nitrogens is 1. The molecule has 2 aromatic rings. The second-order valence-electron chi connectivity index (χ2n) is 2.57. The van der Waals surface area contributed by atoms with Crippen LogP contribution in [-0.4, -0.2) is 12.1 Å². The second kappa shape index (κ2) is 3.58. The third kappa shape index (κ3) is 1.55. The van der Waals surface area contributed by atoms with E-state index in [2.05, 4.69) is 16.4 Å². The van der Waals surface area contributed by atoms with E-state index in [1.165, 1.54) is 0 Å². The summed E-state index contributed by atoms with van der Waals surface area (Å²) in [4.78, 5) is 4.14. The van der Waals surface area contributed by atoms with E-state index in [0.717, 1.165) is 11.1 Å². The van der Waals surface area contributed by atoms with Crippen molar-refractivity contribution in [1.82, 2.24) is 4.98 Å².